The van der Waals surface area contributed by atoms with Crippen molar-refractivity contribution in [1.82, 2.24) is 4.98 Å². The van der Waals surface area contributed by atoms with Gasteiger partial charge in [0, 0.05) is 13.1 Å². The number of aliphatic hydroxyl groups is 1. The number of aromatic nitrogens is 1. The van der Waals surface area contributed by atoms with Crippen molar-refractivity contribution in [3.63, 3.8) is 0 Å². The van der Waals surface area contributed by atoms with Crippen molar-refractivity contribution >= 4 is 27.2 Å². The van der Waals surface area contributed by atoms with Crippen LogP contribution >= 0.6 is 11.3 Å². The highest BCUT2D eigenvalue weighted by molar-refractivity contribution is 7.93. The van der Waals surface area contributed by atoms with Crippen LogP contribution in [0.5, 0.6) is 0 Å². The molecule has 1 heterocycles. The number of hydrogen-bond acceptors (Lipinski definition) is 5. The van der Waals surface area contributed by atoms with Crippen molar-refractivity contribution in [3.05, 3.63) is 11.1 Å². The first-order chi connectivity index (χ1) is 7.13. The van der Waals surface area contributed by atoms with Crippen molar-refractivity contribution in [2.75, 3.05) is 0 Å². The largest absolute Gasteiger partial charge is 0.385 e. The van der Waals surface area contributed by atoms with Gasteiger partial charge in [-0.25, -0.2) is 14.3 Å². The summed E-state index contributed by atoms with van der Waals surface area (Å²) in [5.74, 6) is -0.618. The molecule has 1 rings (SSSR count). The van der Waals surface area contributed by atoms with Crippen LogP contribution in [0.1, 0.15) is 25.6 Å². The van der Waals surface area contributed by atoms with Gasteiger partial charge < -0.3 is 5.11 Å². The van der Waals surface area contributed by atoms with Gasteiger partial charge in [-0.2, -0.15) is 0 Å². The van der Waals surface area contributed by atoms with Gasteiger partial charge >= 0.3 is 0 Å². The third kappa shape index (κ3) is 3.08. The lowest BCUT2D eigenvalue weighted by Crippen LogP contribution is -2.14. The fourth-order valence-electron chi connectivity index (χ4n) is 0.906. The van der Waals surface area contributed by atoms with Crippen LogP contribution in [0.3, 0.4) is 0 Å². The highest BCUT2D eigenvalue weighted by Gasteiger charge is 2.22. The minimum absolute atomic E-state index is 0.0415. The molecule has 0 saturated heterocycles. The Labute approximate surface area is 97.8 Å². The van der Waals surface area contributed by atoms with Crippen molar-refractivity contribution in [2.45, 2.75) is 30.7 Å². The smallest absolute Gasteiger partial charge is 0.252 e. The van der Waals surface area contributed by atoms with Gasteiger partial charge in [-0.3, -0.25) is 4.79 Å². The summed E-state index contributed by atoms with van der Waals surface area (Å²) in [6.07, 6.45) is 1.38. The van der Waals surface area contributed by atoms with Gasteiger partial charge in [0.05, 0.1) is 10.5 Å². The summed E-state index contributed by atoms with van der Waals surface area (Å²) in [4.78, 5) is 15.1. The molecule has 1 aromatic rings. The van der Waals surface area contributed by atoms with Crippen LogP contribution in [0.25, 0.3) is 0 Å². The molecule has 6 nitrogen and oxygen atoms in total. The van der Waals surface area contributed by atoms with Gasteiger partial charge in [-0.15, -0.1) is 15.7 Å². The molecule has 90 valence electrons. The molecule has 0 saturated carbocycles. The molecule has 1 unspecified atom stereocenters. The molecule has 0 spiro atoms. The van der Waals surface area contributed by atoms with Crippen molar-refractivity contribution in [3.8, 4) is 0 Å². The zero-order chi connectivity index (χ0) is 12.6. The quantitative estimate of drug-likeness (QED) is 0.815. The van der Waals surface area contributed by atoms with E-state index in [2.05, 4.69) is 9.35 Å². The maximum absolute atomic E-state index is 11.8. The molecule has 0 aliphatic rings. The second-order valence-electron chi connectivity index (χ2n) is 3.73. The second-order valence-corrected chi connectivity index (χ2v) is 6.72. The monoisotopic (exact) mass is 263 g/mol. The van der Waals surface area contributed by atoms with E-state index in [-0.39, 0.29) is 4.34 Å². The third-order valence-corrected chi connectivity index (χ3v) is 4.81. The zero-order valence-electron chi connectivity index (χ0n) is 9.13. The van der Waals surface area contributed by atoms with E-state index in [9.17, 15) is 14.1 Å². The summed E-state index contributed by atoms with van der Waals surface area (Å²) in [6, 6.07) is 0. The average Bonchev–Trinajstić information content (AvgIpc) is 2.47. The lowest BCUT2D eigenvalue weighted by Gasteiger charge is -2.12. The van der Waals surface area contributed by atoms with E-state index in [0.717, 1.165) is 18.3 Å². The van der Waals surface area contributed by atoms with Gasteiger partial charge in [0.15, 0.2) is 9.92 Å². The van der Waals surface area contributed by atoms with Gasteiger partial charge in [-0.05, 0) is 13.8 Å². The summed E-state index contributed by atoms with van der Waals surface area (Å²) in [5.41, 5.74) is -1.08. The lowest BCUT2D eigenvalue weighted by molar-refractivity contribution is -0.115. The van der Waals surface area contributed by atoms with E-state index < -0.39 is 21.4 Å². The number of amides is 1. The Hall–Kier alpha value is -0.830. The van der Waals surface area contributed by atoms with Crippen LogP contribution in [-0.2, 0) is 20.3 Å². The number of nitrogens with two attached hydrogens (primary N) is 1. The molecule has 1 amide bonds. The Morgan fingerprint density at radius 1 is 1.69 bits per heavy atom. The van der Waals surface area contributed by atoms with Crippen molar-refractivity contribution in [2.24, 2.45) is 9.50 Å². The molecule has 0 aromatic carbocycles. The molecule has 3 N–H and O–H groups in total. The molecule has 1 atom stereocenters. The Morgan fingerprint density at radius 3 is 2.62 bits per heavy atom. The minimum atomic E-state index is -3.28. The summed E-state index contributed by atoms with van der Waals surface area (Å²) < 4.78 is 15.1. The first-order valence-corrected chi connectivity index (χ1v) is 6.76. The molecule has 1 aromatic heterocycles. The van der Waals surface area contributed by atoms with Crippen LogP contribution in [0, 0.1) is 0 Å². The maximum Gasteiger partial charge on any atom is 0.252 e. The van der Waals surface area contributed by atoms with E-state index >= 15 is 0 Å². The summed E-state index contributed by atoms with van der Waals surface area (Å²) in [7, 11) is -3.28. The topological polar surface area (TPSA) is 106 Å². The van der Waals surface area contributed by atoms with Gasteiger partial charge in [-0.1, -0.05) is 0 Å². The normalized spacial score (nSPS) is 15.6. The van der Waals surface area contributed by atoms with Gasteiger partial charge in [0.25, 0.3) is 5.91 Å². The van der Waals surface area contributed by atoms with Crippen molar-refractivity contribution in [1.29, 1.82) is 0 Å². The molecule has 0 aliphatic carbocycles. The van der Waals surface area contributed by atoms with E-state index in [1.165, 1.54) is 6.20 Å². The van der Waals surface area contributed by atoms with Crippen LogP contribution in [0.4, 0.5) is 0 Å². The predicted molar refractivity (Wildman–Crippen MR) is 61.1 cm³/mol. The molecule has 0 radical (unpaired) electrons. The Balaban J connectivity index is 3.23. The zero-order valence-corrected chi connectivity index (χ0v) is 10.8. The predicted octanol–water partition coefficient (Wildman–Crippen LogP) is 0.618. The molecule has 0 fully saturated rings. The van der Waals surface area contributed by atoms with Crippen LogP contribution < -0.4 is 5.14 Å². The minimum Gasteiger partial charge on any atom is -0.385 e. The fourth-order valence-corrected chi connectivity index (χ4v) is 3.08. The highest BCUT2D eigenvalue weighted by Crippen LogP contribution is 2.27. The number of thiazole rings is 1. The number of carbonyl (C=O) groups is 1. The van der Waals surface area contributed by atoms with Crippen LogP contribution in [0.2, 0.25) is 0 Å². The first-order valence-electron chi connectivity index (χ1n) is 4.37. The Kier molecular flexibility index (Phi) is 3.48. The van der Waals surface area contributed by atoms with E-state index in [0.29, 0.717) is 4.88 Å². The molecular formula is C8H13N3O3S2. The number of nitrogens with zero attached hydrogens (tertiary/aromatic N) is 2. The van der Waals surface area contributed by atoms with Crippen LogP contribution in [-0.4, -0.2) is 20.2 Å². The van der Waals surface area contributed by atoms with Crippen LogP contribution in [0.15, 0.2) is 14.9 Å². The SMILES string of the molecule is CC(=O)N=S(N)(=O)c1ncc(C(C)(C)O)s1. The highest BCUT2D eigenvalue weighted by atomic mass is 32.2. The fraction of sp³-hybridized carbons (Fsp3) is 0.500. The van der Waals surface area contributed by atoms with Gasteiger partial charge in [0.2, 0.25) is 4.34 Å². The Bertz CT molecular complexity index is 521. The summed E-state index contributed by atoms with van der Waals surface area (Å²) >= 11 is 0.981. The molecular weight excluding hydrogens is 250 g/mol. The molecule has 0 aliphatic heterocycles. The lowest BCUT2D eigenvalue weighted by atomic mass is 10.1. The summed E-state index contributed by atoms with van der Waals surface area (Å²) in [5, 5.41) is 15.1. The average molecular weight is 263 g/mol. The van der Waals surface area contributed by atoms with Crippen molar-refractivity contribution < 1.29 is 14.1 Å². The maximum atomic E-state index is 11.8. The van der Waals surface area contributed by atoms with Gasteiger partial charge in [0.1, 0.15) is 0 Å². The number of hydrogen-bond donors (Lipinski definition) is 2. The van der Waals surface area contributed by atoms with E-state index in [4.69, 9.17) is 5.14 Å². The Morgan fingerprint density at radius 2 is 2.25 bits per heavy atom. The molecule has 8 heteroatoms. The second kappa shape index (κ2) is 4.21. The first kappa shape index (κ1) is 13.2. The standard InChI is InChI=1S/C8H13N3O3S2/c1-5(12)11-16(9,14)7-10-4-6(15-7)8(2,3)13/h4,13H,1-3H3,(H2,9,11,12,14). The molecule has 0 bridgehead atoms. The third-order valence-electron chi connectivity index (χ3n) is 1.60. The molecule has 16 heavy (non-hydrogen) atoms. The number of rotatable bonds is 2. The summed E-state index contributed by atoms with van der Waals surface area (Å²) in [6.45, 7) is 4.31. The van der Waals surface area contributed by atoms with E-state index in [1.54, 1.807) is 13.8 Å². The number of carbonyl (C=O) groups excluding carboxylic acids is 1. The van der Waals surface area contributed by atoms with E-state index in [1.807, 2.05) is 0 Å².